The topological polar surface area (TPSA) is 59.0 Å². The van der Waals surface area contributed by atoms with Crippen molar-refractivity contribution in [2.24, 2.45) is 0 Å². The minimum absolute atomic E-state index is 0.0126. The van der Waals surface area contributed by atoms with Crippen LogP contribution in [-0.2, 0) is 14.3 Å². The van der Waals surface area contributed by atoms with Crippen molar-refractivity contribution in [2.75, 3.05) is 32.7 Å². The van der Waals surface area contributed by atoms with Crippen LogP contribution in [0.5, 0.6) is 0 Å². The van der Waals surface area contributed by atoms with Crippen LogP contribution in [-0.4, -0.2) is 44.3 Å². The molecule has 1 N–H and O–H groups in total. The SMILES string of the molecule is COC1=C(OC)C(O)(C#CCN(C)c2cccc3cc4ccccc4cc23)C1=O. The van der Waals surface area contributed by atoms with Crippen LogP contribution in [0.2, 0.25) is 0 Å². The predicted octanol–water partition coefficient (Wildman–Crippen LogP) is 3.25. The quantitative estimate of drug-likeness (QED) is 0.550. The van der Waals surface area contributed by atoms with Gasteiger partial charge in [-0.1, -0.05) is 42.3 Å². The van der Waals surface area contributed by atoms with E-state index in [1.165, 1.54) is 25.0 Å². The van der Waals surface area contributed by atoms with Crippen molar-refractivity contribution in [2.45, 2.75) is 5.60 Å². The third-order valence-corrected chi connectivity index (χ3v) is 5.20. The molecule has 4 rings (SSSR count). The molecule has 29 heavy (non-hydrogen) atoms. The first-order chi connectivity index (χ1) is 14.0. The molecule has 0 saturated carbocycles. The number of hydrogen-bond donors (Lipinski definition) is 1. The van der Waals surface area contributed by atoms with Crippen LogP contribution in [0, 0.1) is 11.8 Å². The molecule has 0 bridgehead atoms. The molecule has 0 heterocycles. The van der Waals surface area contributed by atoms with Crippen LogP contribution >= 0.6 is 0 Å². The van der Waals surface area contributed by atoms with Gasteiger partial charge in [0.15, 0.2) is 5.76 Å². The van der Waals surface area contributed by atoms with Gasteiger partial charge < -0.3 is 19.5 Å². The minimum atomic E-state index is -1.93. The molecule has 0 radical (unpaired) electrons. The summed E-state index contributed by atoms with van der Waals surface area (Å²) in [6.07, 6.45) is 0. The summed E-state index contributed by atoms with van der Waals surface area (Å²) in [7, 11) is 4.66. The number of ether oxygens (including phenoxy) is 2. The molecule has 3 aromatic rings. The molecule has 3 aromatic carbocycles. The summed E-state index contributed by atoms with van der Waals surface area (Å²) in [5, 5.41) is 15.1. The summed E-state index contributed by atoms with van der Waals surface area (Å²) in [5.74, 6) is 5.03. The first-order valence-corrected chi connectivity index (χ1v) is 9.22. The molecule has 1 aliphatic carbocycles. The maximum atomic E-state index is 12.1. The van der Waals surface area contributed by atoms with Crippen molar-refractivity contribution >= 4 is 33.0 Å². The van der Waals surface area contributed by atoms with Gasteiger partial charge in [-0.25, -0.2) is 0 Å². The summed E-state index contributed by atoms with van der Waals surface area (Å²) < 4.78 is 10.0. The summed E-state index contributed by atoms with van der Waals surface area (Å²) in [4.78, 5) is 14.1. The molecule has 0 saturated heterocycles. The lowest BCUT2D eigenvalue weighted by atomic mass is 9.83. The van der Waals surface area contributed by atoms with Crippen molar-refractivity contribution in [1.29, 1.82) is 0 Å². The Hall–Kier alpha value is -3.49. The molecule has 1 aliphatic rings. The normalized spacial score (nSPS) is 18.3. The Morgan fingerprint density at radius 3 is 2.38 bits per heavy atom. The minimum Gasteiger partial charge on any atom is -0.493 e. The van der Waals surface area contributed by atoms with Crippen molar-refractivity contribution in [3.8, 4) is 11.8 Å². The van der Waals surface area contributed by atoms with E-state index in [1.807, 2.05) is 36.2 Å². The van der Waals surface area contributed by atoms with Gasteiger partial charge >= 0.3 is 0 Å². The van der Waals surface area contributed by atoms with E-state index in [4.69, 9.17) is 9.47 Å². The van der Waals surface area contributed by atoms with Crippen molar-refractivity contribution in [3.05, 3.63) is 66.1 Å². The zero-order valence-corrected chi connectivity index (χ0v) is 16.5. The molecule has 5 nitrogen and oxygen atoms in total. The third-order valence-electron chi connectivity index (χ3n) is 5.20. The molecule has 0 spiro atoms. The maximum absolute atomic E-state index is 12.1. The molecule has 0 aliphatic heterocycles. The summed E-state index contributed by atoms with van der Waals surface area (Å²) >= 11 is 0. The van der Waals surface area contributed by atoms with E-state index in [0.29, 0.717) is 6.54 Å². The van der Waals surface area contributed by atoms with E-state index in [0.717, 1.165) is 16.5 Å². The zero-order valence-electron chi connectivity index (χ0n) is 16.5. The average molecular weight is 387 g/mol. The van der Waals surface area contributed by atoms with Gasteiger partial charge in [0.1, 0.15) is 0 Å². The number of Topliss-reactive ketones (excluding diaryl/α,β-unsaturated/α-hetero) is 1. The number of benzene rings is 3. The van der Waals surface area contributed by atoms with Crippen LogP contribution in [0.25, 0.3) is 21.5 Å². The molecule has 0 amide bonds. The average Bonchev–Trinajstić information content (AvgIpc) is 2.74. The molecule has 0 fully saturated rings. The zero-order chi connectivity index (χ0) is 20.6. The van der Waals surface area contributed by atoms with Gasteiger partial charge in [0, 0.05) is 18.1 Å². The monoisotopic (exact) mass is 387 g/mol. The number of hydrogen-bond acceptors (Lipinski definition) is 5. The number of rotatable bonds is 4. The molecular formula is C24H21NO4. The molecule has 1 unspecified atom stereocenters. The first kappa shape index (κ1) is 18.9. The highest BCUT2D eigenvalue weighted by Crippen LogP contribution is 2.35. The largest absolute Gasteiger partial charge is 0.493 e. The number of carbonyl (C=O) groups is 1. The van der Waals surface area contributed by atoms with Gasteiger partial charge in [-0.05, 0) is 40.3 Å². The number of aliphatic hydroxyl groups is 1. The van der Waals surface area contributed by atoms with Crippen LogP contribution in [0.3, 0.4) is 0 Å². The number of carbonyl (C=O) groups excluding carboxylic acids is 1. The second-order valence-corrected chi connectivity index (χ2v) is 6.96. The lowest BCUT2D eigenvalue weighted by Crippen LogP contribution is -2.51. The Balaban J connectivity index is 1.64. The van der Waals surface area contributed by atoms with Crippen LogP contribution in [0.15, 0.2) is 66.1 Å². The summed E-state index contributed by atoms with van der Waals surface area (Å²) in [6.45, 7) is 0.334. The van der Waals surface area contributed by atoms with Crippen LogP contribution < -0.4 is 4.90 Å². The number of fused-ring (bicyclic) bond motifs is 2. The van der Waals surface area contributed by atoms with Crippen LogP contribution in [0.1, 0.15) is 0 Å². The number of ketones is 1. The molecule has 1 atom stereocenters. The van der Waals surface area contributed by atoms with Crippen molar-refractivity contribution in [1.82, 2.24) is 0 Å². The van der Waals surface area contributed by atoms with Gasteiger partial charge in [0.05, 0.1) is 20.8 Å². The molecular weight excluding hydrogens is 366 g/mol. The number of nitrogens with zero attached hydrogens (tertiary/aromatic N) is 1. The van der Waals surface area contributed by atoms with Gasteiger partial charge in [-0.15, -0.1) is 0 Å². The summed E-state index contributed by atoms with van der Waals surface area (Å²) in [5.41, 5.74) is -0.912. The lowest BCUT2D eigenvalue weighted by molar-refractivity contribution is -0.138. The van der Waals surface area contributed by atoms with Gasteiger partial charge in [-0.3, -0.25) is 4.79 Å². The van der Waals surface area contributed by atoms with Crippen molar-refractivity contribution in [3.63, 3.8) is 0 Å². The number of methoxy groups -OCH3 is 2. The lowest BCUT2D eigenvalue weighted by Gasteiger charge is -2.32. The van der Waals surface area contributed by atoms with Gasteiger partial charge in [-0.2, -0.15) is 0 Å². The molecule has 5 heteroatoms. The van der Waals surface area contributed by atoms with Crippen LogP contribution in [0.4, 0.5) is 5.69 Å². The van der Waals surface area contributed by atoms with E-state index < -0.39 is 11.4 Å². The van der Waals surface area contributed by atoms with E-state index in [1.54, 1.807) is 0 Å². The standard InChI is InChI=1S/C24H21NO4/c1-25(13-7-12-24(27)22(26)21(28-2)23(24)29-3)20-11-6-10-18-14-16-8-4-5-9-17(16)15-19(18)20/h4-6,8-11,14-15,27H,13H2,1-3H3. The fourth-order valence-corrected chi connectivity index (χ4v) is 3.67. The molecule has 0 aromatic heterocycles. The predicted molar refractivity (Wildman–Crippen MR) is 114 cm³/mol. The van der Waals surface area contributed by atoms with E-state index in [9.17, 15) is 9.90 Å². The Kier molecular flexibility index (Phi) is 4.65. The van der Waals surface area contributed by atoms with E-state index in [2.05, 4.69) is 42.2 Å². The fraction of sp³-hybridized carbons (Fsp3) is 0.208. The first-order valence-electron chi connectivity index (χ1n) is 9.22. The highest BCUT2D eigenvalue weighted by molar-refractivity contribution is 6.12. The fourth-order valence-electron chi connectivity index (χ4n) is 3.67. The second-order valence-electron chi connectivity index (χ2n) is 6.96. The van der Waals surface area contributed by atoms with E-state index in [-0.39, 0.29) is 11.5 Å². The maximum Gasteiger partial charge on any atom is 0.254 e. The highest BCUT2D eigenvalue weighted by Gasteiger charge is 2.55. The van der Waals surface area contributed by atoms with E-state index >= 15 is 0 Å². The molecule has 146 valence electrons. The summed E-state index contributed by atoms with van der Waals surface area (Å²) in [6, 6.07) is 18.7. The van der Waals surface area contributed by atoms with Gasteiger partial charge in [0.25, 0.3) is 11.4 Å². The Bertz CT molecular complexity index is 1220. The van der Waals surface area contributed by atoms with Gasteiger partial charge in [0.2, 0.25) is 5.76 Å². The third kappa shape index (κ3) is 2.98. The smallest absolute Gasteiger partial charge is 0.254 e. The van der Waals surface area contributed by atoms with Crippen molar-refractivity contribution < 1.29 is 19.4 Å². The Morgan fingerprint density at radius 2 is 1.69 bits per heavy atom. The Labute approximate surface area is 169 Å². The highest BCUT2D eigenvalue weighted by atomic mass is 16.5. The Morgan fingerprint density at radius 1 is 1.00 bits per heavy atom. The second kappa shape index (κ2) is 7.16. The number of anilines is 1.